The Morgan fingerprint density at radius 1 is 1.14 bits per heavy atom. The number of halogens is 1. The summed E-state index contributed by atoms with van der Waals surface area (Å²) in [5, 5.41) is 25.0. The average Bonchev–Trinajstić information content (AvgIpc) is 3.14. The highest BCUT2D eigenvalue weighted by Gasteiger charge is 2.71. The van der Waals surface area contributed by atoms with Gasteiger partial charge in [0.1, 0.15) is 17.9 Å². The lowest BCUT2D eigenvalue weighted by molar-refractivity contribution is -0.0129. The van der Waals surface area contributed by atoms with E-state index < -0.39 is 12.2 Å². The lowest BCUT2D eigenvalue weighted by atomic mass is 9.68. The van der Waals surface area contributed by atoms with Gasteiger partial charge in [-0.25, -0.2) is 15.0 Å². The molecule has 5 atom stereocenters. The van der Waals surface area contributed by atoms with Crippen LogP contribution in [0.2, 0.25) is 0 Å². The van der Waals surface area contributed by atoms with E-state index in [0.717, 1.165) is 35.2 Å². The molecule has 4 aliphatic rings. The molecule has 0 aliphatic heterocycles. The molecule has 4 fully saturated rings. The Bertz CT molecular complexity index is 915. The summed E-state index contributed by atoms with van der Waals surface area (Å²) in [6.45, 7) is 0. The van der Waals surface area contributed by atoms with Crippen LogP contribution in [0.4, 0.5) is 5.82 Å². The van der Waals surface area contributed by atoms with E-state index in [2.05, 4.69) is 20.3 Å². The molecule has 0 radical (unpaired) electrons. The molecule has 6 rings (SSSR count). The van der Waals surface area contributed by atoms with Crippen molar-refractivity contribution in [3.8, 4) is 0 Å². The SMILES string of the molecule is OC1[C@@H](O)[C@H](n2cnc3c(NC(C4CCC4)C4CCC4)ncnc32)C2CC12CCl. The van der Waals surface area contributed by atoms with E-state index in [4.69, 9.17) is 11.6 Å². The maximum atomic E-state index is 10.7. The van der Waals surface area contributed by atoms with Crippen molar-refractivity contribution >= 4 is 28.6 Å². The van der Waals surface area contributed by atoms with Gasteiger partial charge in [0.05, 0.1) is 18.5 Å². The molecule has 0 spiro atoms. The molecule has 0 amide bonds. The molecule has 3 N–H and O–H groups in total. The lowest BCUT2D eigenvalue weighted by Crippen LogP contribution is -2.42. The highest BCUT2D eigenvalue weighted by atomic mass is 35.5. The molecule has 8 heteroatoms. The molecular formula is C21H28ClN5O2. The molecule has 0 saturated heterocycles. The Labute approximate surface area is 174 Å². The first-order valence-electron chi connectivity index (χ1n) is 11.0. The number of nitrogens with zero attached hydrogens (tertiary/aromatic N) is 4. The number of hydrogen-bond acceptors (Lipinski definition) is 6. The van der Waals surface area contributed by atoms with Crippen LogP contribution >= 0.6 is 11.6 Å². The van der Waals surface area contributed by atoms with E-state index >= 15 is 0 Å². The number of aliphatic hydroxyl groups excluding tert-OH is 2. The molecule has 4 aliphatic carbocycles. The number of aliphatic hydroxyl groups is 2. The minimum atomic E-state index is -0.853. The summed E-state index contributed by atoms with van der Waals surface area (Å²) in [5.41, 5.74) is 1.11. The topological polar surface area (TPSA) is 96.1 Å². The molecule has 2 heterocycles. The molecule has 29 heavy (non-hydrogen) atoms. The second kappa shape index (κ2) is 6.53. The van der Waals surface area contributed by atoms with Crippen LogP contribution in [0.15, 0.2) is 12.7 Å². The Balaban J connectivity index is 1.33. The van der Waals surface area contributed by atoms with E-state index in [-0.39, 0.29) is 17.4 Å². The van der Waals surface area contributed by atoms with Crippen LogP contribution in [0.5, 0.6) is 0 Å². The second-order valence-electron chi connectivity index (χ2n) is 9.70. The molecule has 156 valence electrons. The van der Waals surface area contributed by atoms with Crippen molar-refractivity contribution in [2.24, 2.45) is 23.2 Å². The molecule has 4 saturated carbocycles. The third-order valence-corrected chi connectivity index (χ3v) is 8.90. The van der Waals surface area contributed by atoms with Gasteiger partial charge in [-0.1, -0.05) is 12.8 Å². The lowest BCUT2D eigenvalue weighted by Gasteiger charge is -2.43. The molecule has 0 aromatic carbocycles. The summed E-state index contributed by atoms with van der Waals surface area (Å²) in [6, 6.07) is 0.220. The van der Waals surface area contributed by atoms with Crippen molar-refractivity contribution in [3.63, 3.8) is 0 Å². The summed E-state index contributed by atoms with van der Waals surface area (Å²) in [6.07, 6.45) is 10.4. The summed E-state index contributed by atoms with van der Waals surface area (Å²) >= 11 is 6.14. The predicted molar refractivity (Wildman–Crippen MR) is 110 cm³/mol. The van der Waals surface area contributed by atoms with Crippen LogP contribution in [0.3, 0.4) is 0 Å². The molecular weight excluding hydrogens is 390 g/mol. The maximum Gasteiger partial charge on any atom is 0.165 e. The minimum absolute atomic E-state index is 0.159. The van der Waals surface area contributed by atoms with Crippen LogP contribution in [0, 0.1) is 23.2 Å². The molecule has 0 bridgehead atoms. The van der Waals surface area contributed by atoms with Crippen molar-refractivity contribution in [1.29, 1.82) is 0 Å². The Morgan fingerprint density at radius 3 is 2.45 bits per heavy atom. The predicted octanol–water partition coefficient (Wildman–Crippen LogP) is 2.73. The van der Waals surface area contributed by atoms with Crippen molar-refractivity contribution in [2.45, 2.75) is 69.2 Å². The van der Waals surface area contributed by atoms with Gasteiger partial charge in [-0.3, -0.25) is 0 Å². The van der Waals surface area contributed by atoms with Crippen molar-refractivity contribution in [3.05, 3.63) is 12.7 Å². The highest BCUT2D eigenvalue weighted by Crippen LogP contribution is 2.68. The zero-order valence-corrected chi connectivity index (χ0v) is 17.2. The Kier molecular flexibility index (Phi) is 4.13. The number of fused-ring (bicyclic) bond motifs is 2. The van der Waals surface area contributed by atoms with Gasteiger partial charge < -0.3 is 20.1 Å². The fourth-order valence-electron chi connectivity index (χ4n) is 6.06. The zero-order chi connectivity index (χ0) is 19.8. The smallest absolute Gasteiger partial charge is 0.165 e. The third-order valence-electron chi connectivity index (χ3n) is 8.40. The summed E-state index contributed by atoms with van der Waals surface area (Å²) in [5.74, 6) is 2.78. The number of rotatable bonds is 6. The van der Waals surface area contributed by atoms with E-state index in [1.807, 2.05) is 4.57 Å². The van der Waals surface area contributed by atoms with E-state index in [0.29, 0.717) is 11.9 Å². The van der Waals surface area contributed by atoms with Gasteiger partial charge in [0, 0.05) is 17.3 Å². The number of aromatic nitrogens is 4. The number of alkyl halides is 1. The van der Waals surface area contributed by atoms with Gasteiger partial charge in [0.15, 0.2) is 11.5 Å². The van der Waals surface area contributed by atoms with Gasteiger partial charge in [-0.2, -0.15) is 0 Å². The van der Waals surface area contributed by atoms with Crippen LogP contribution in [-0.2, 0) is 0 Å². The van der Waals surface area contributed by atoms with Gasteiger partial charge >= 0.3 is 0 Å². The number of imidazole rings is 1. The molecule has 3 unspecified atom stereocenters. The van der Waals surface area contributed by atoms with Crippen LogP contribution < -0.4 is 5.32 Å². The minimum Gasteiger partial charge on any atom is -0.390 e. The normalized spacial score (nSPS) is 36.8. The highest BCUT2D eigenvalue weighted by molar-refractivity contribution is 6.18. The standard InChI is InChI=1S/C21H28ClN5O2/c22-8-21-7-13(21)16(17(28)18(21)29)27-10-25-15-19(23-9-24-20(15)27)26-14(11-3-1-4-11)12-5-2-6-12/h9-14,16-18,28-29H,1-8H2,(H,23,24,26)/t13?,16-,17+,18?,21?/m1/s1. The summed E-state index contributed by atoms with van der Waals surface area (Å²) < 4.78 is 1.93. The molecule has 2 aromatic rings. The van der Waals surface area contributed by atoms with Gasteiger partial charge in [-0.05, 0) is 49.9 Å². The second-order valence-corrected chi connectivity index (χ2v) is 9.97. The van der Waals surface area contributed by atoms with Crippen LogP contribution in [-0.4, -0.2) is 53.9 Å². The van der Waals surface area contributed by atoms with Crippen molar-refractivity contribution < 1.29 is 10.2 Å². The fourth-order valence-corrected chi connectivity index (χ4v) is 6.52. The first-order valence-corrected chi connectivity index (χ1v) is 11.5. The Morgan fingerprint density at radius 2 is 1.86 bits per heavy atom. The monoisotopic (exact) mass is 417 g/mol. The van der Waals surface area contributed by atoms with Crippen LogP contribution in [0.1, 0.15) is 51.0 Å². The maximum absolute atomic E-state index is 10.7. The van der Waals surface area contributed by atoms with Gasteiger partial charge in [-0.15, -0.1) is 11.6 Å². The third kappa shape index (κ3) is 2.53. The average molecular weight is 418 g/mol. The number of hydrogen-bond donors (Lipinski definition) is 3. The van der Waals surface area contributed by atoms with Crippen LogP contribution in [0.25, 0.3) is 11.2 Å². The first kappa shape index (κ1) is 18.3. The summed E-state index contributed by atoms with van der Waals surface area (Å²) in [7, 11) is 0. The van der Waals surface area contributed by atoms with Gasteiger partial charge in [0.2, 0.25) is 0 Å². The summed E-state index contributed by atoms with van der Waals surface area (Å²) in [4.78, 5) is 13.7. The molecule has 7 nitrogen and oxygen atoms in total. The Hall–Kier alpha value is -1.44. The molecule has 2 aromatic heterocycles. The van der Waals surface area contributed by atoms with E-state index in [9.17, 15) is 10.2 Å². The van der Waals surface area contributed by atoms with Crippen molar-refractivity contribution in [1.82, 2.24) is 19.5 Å². The fraction of sp³-hybridized carbons (Fsp3) is 0.762. The van der Waals surface area contributed by atoms with E-state index in [1.54, 1.807) is 12.7 Å². The van der Waals surface area contributed by atoms with E-state index in [1.165, 1.54) is 38.5 Å². The largest absolute Gasteiger partial charge is 0.390 e. The van der Waals surface area contributed by atoms with Gasteiger partial charge in [0.25, 0.3) is 0 Å². The quantitative estimate of drug-likeness (QED) is 0.625. The first-order chi connectivity index (χ1) is 14.1. The number of nitrogens with one attached hydrogen (secondary N) is 1. The van der Waals surface area contributed by atoms with Crippen molar-refractivity contribution in [2.75, 3.05) is 11.2 Å². The zero-order valence-electron chi connectivity index (χ0n) is 16.4. The number of anilines is 1.